The molecule has 0 saturated carbocycles. The summed E-state index contributed by atoms with van der Waals surface area (Å²) in [5.74, 6) is 2.06. The van der Waals surface area contributed by atoms with E-state index >= 15 is 0 Å². The summed E-state index contributed by atoms with van der Waals surface area (Å²) in [6, 6.07) is 1.82. The van der Waals surface area contributed by atoms with Gasteiger partial charge in [0.1, 0.15) is 17.3 Å². The quantitative estimate of drug-likeness (QED) is 0.889. The molecule has 0 radical (unpaired) electrons. The third-order valence-electron chi connectivity index (χ3n) is 3.88. The van der Waals surface area contributed by atoms with Crippen LogP contribution in [0.5, 0.6) is 0 Å². The number of amides is 1. The van der Waals surface area contributed by atoms with Gasteiger partial charge in [0.2, 0.25) is 0 Å². The number of hydrogen-bond donors (Lipinski definition) is 1. The maximum Gasteiger partial charge on any atom is 0.270 e. The van der Waals surface area contributed by atoms with E-state index in [1.54, 1.807) is 0 Å². The van der Waals surface area contributed by atoms with Crippen LogP contribution in [0.2, 0.25) is 0 Å². The number of nitrogens with zero attached hydrogens (tertiary/aromatic N) is 4. The lowest BCUT2D eigenvalue weighted by molar-refractivity contribution is 0.0945. The van der Waals surface area contributed by atoms with Crippen LogP contribution >= 0.6 is 0 Å². The van der Waals surface area contributed by atoms with Crippen molar-refractivity contribution in [2.75, 3.05) is 45.2 Å². The Morgan fingerprint density at radius 3 is 2.91 bits per heavy atom. The highest BCUT2D eigenvalue weighted by Crippen LogP contribution is 2.21. The molecule has 1 saturated heterocycles. The molecule has 0 aliphatic carbocycles. The summed E-state index contributed by atoms with van der Waals surface area (Å²) >= 11 is 0. The summed E-state index contributed by atoms with van der Waals surface area (Å²) in [6.07, 6.45) is 2.44. The van der Waals surface area contributed by atoms with Gasteiger partial charge in [-0.2, -0.15) is 0 Å². The highest BCUT2D eigenvalue weighted by molar-refractivity contribution is 5.92. The predicted octanol–water partition coefficient (Wildman–Crippen LogP) is 1.31. The van der Waals surface area contributed by atoms with Crippen LogP contribution in [0.15, 0.2) is 6.07 Å². The molecule has 6 nitrogen and oxygen atoms in total. The van der Waals surface area contributed by atoms with E-state index in [-0.39, 0.29) is 5.91 Å². The van der Waals surface area contributed by atoms with E-state index in [0.717, 1.165) is 25.5 Å². The molecule has 22 heavy (non-hydrogen) atoms. The number of hydrogen-bond acceptors (Lipinski definition) is 5. The molecular formula is C16H27N5O. The van der Waals surface area contributed by atoms with E-state index in [1.165, 1.54) is 12.8 Å². The van der Waals surface area contributed by atoms with Crippen molar-refractivity contribution in [3.05, 3.63) is 17.6 Å². The summed E-state index contributed by atoms with van der Waals surface area (Å²) < 4.78 is 0. The summed E-state index contributed by atoms with van der Waals surface area (Å²) in [4.78, 5) is 25.3. The van der Waals surface area contributed by atoms with Crippen LogP contribution in [0.1, 0.15) is 36.1 Å². The molecule has 2 heterocycles. The second kappa shape index (κ2) is 7.54. The SMILES string of the molecule is Cc1nc(C(=O)NCCN(C)C)cc(N2CCCC(C)C2)n1. The van der Waals surface area contributed by atoms with Gasteiger partial charge >= 0.3 is 0 Å². The first kappa shape index (κ1) is 16.7. The second-order valence-electron chi connectivity index (χ2n) is 6.41. The van der Waals surface area contributed by atoms with Crippen molar-refractivity contribution in [3.63, 3.8) is 0 Å². The number of rotatable bonds is 5. The van der Waals surface area contributed by atoms with E-state index < -0.39 is 0 Å². The molecule has 1 unspecified atom stereocenters. The fraction of sp³-hybridized carbons (Fsp3) is 0.688. The maximum atomic E-state index is 12.2. The van der Waals surface area contributed by atoms with Gasteiger partial charge in [0, 0.05) is 32.2 Å². The first-order chi connectivity index (χ1) is 10.5. The topological polar surface area (TPSA) is 61.4 Å². The Hall–Kier alpha value is -1.69. The van der Waals surface area contributed by atoms with E-state index in [0.29, 0.717) is 24.0 Å². The van der Waals surface area contributed by atoms with Crippen LogP contribution in [0, 0.1) is 12.8 Å². The summed E-state index contributed by atoms with van der Waals surface area (Å²) in [5, 5.41) is 2.91. The van der Waals surface area contributed by atoms with Gasteiger partial charge in [-0.1, -0.05) is 6.92 Å². The Bertz CT molecular complexity index is 517. The van der Waals surface area contributed by atoms with Crippen LogP contribution in [0.4, 0.5) is 5.82 Å². The maximum absolute atomic E-state index is 12.2. The molecule has 0 spiro atoms. The molecule has 1 atom stereocenters. The first-order valence-electron chi connectivity index (χ1n) is 7.99. The molecule has 122 valence electrons. The lowest BCUT2D eigenvalue weighted by Gasteiger charge is -2.32. The van der Waals surface area contributed by atoms with Crippen molar-refractivity contribution in [1.82, 2.24) is 20.2 Å². The third-order valence-corrected chi connectivity index (χ3v) is 3.88. The van der Waals surface area contributed by atoms with Crippen molar-refractivity contribution in [2.45, 2.75) is 26.7 Å². The van der Waals surface area contributed by atoms with E-state index in [4.69, 9.17) is 0 Å². The van der Waals surface area contributed by atoms with Gasteiger partial charge in [0.05, 0.1) is 0 Å². The predicted molar refractivity (Wildman–Crippen MR) is 88.3 cm³/mol. The number of aromatic nitrogens is 2. The zero-order valence-electron chi connectivity index (χ0n) is 14.1. The average Bonchev–Trinajstić information content (AvgIpc) is 2.46. The molecule has 1 aliphatic heterocycles. The van der Waals surface area contributed by atoms with Crippen molar-refractivity contribution >= 4 is 11.7 Å². The molecule has 0 bridgehead atoms. The molecule has 2 rings (SSSR count). The Labute approximate surface area is 132 Å². The Morgan fingerprint density at radius 1 is 1.45 bits per heavy atom. The largest absolute Gasteiger partial charge is 0.356 e. The normalized spacial score (nSPS) is 18.6. The molecule has 6 heteroatoms. The van der Waals surface area contributed by atoms with Crippen LogP contribution in [-0.4, -0.2) is 61.0 Å². The van der Waals surface area contributed by atoms with Crippen LogP contribution < -0.4 is 10.2 Å². The Kier molecular flexibility index (Phi) is 5.71. The van der Waals surface area contributed by atoms with Gasteiger partial charge in [0.25, 0.3) is 5.91 Å². The number of carbonyl (C=O) groups excluding carboxylic acids is 1. The zero-order chi connectivity index (χ0) is 16.1. The highest BCUT2D eigenvalue weighted by Gasteiger charge is 2.19. The van der Waals surface area contributed by atoms with Crippen molar-refractivity contribution < 1.29 is 4.79 Å². The fourth-order valence-electron chi connectivity index (χ4n) is 2.71. The summed E-state index contributed by atoms with van der Waals surface area (Å²) in [6.45, 7) is 7.53. The summed E-state index contributed by atoms with van der Waals surface area (Å²) in [5.41, 5.74) is 0.458. The van der Waals surface area contributed by atoms with Crippen molar-refractivity contribution in [1.29, 1.82) is 0 Å². The standard InChI is InChI=1S/C16H27N5O/c1-12-6-5-8-21(11-12)15-10-14(18-13(2)19-15)16(22)17-7-9-20(3)4/h10,12H,5-9,11H2,1-4H3,(H,17,22). The Balaban J connectivity index is 2.07. The number of anilines is 1. The van der Waals surface area contributed by atoms with E-state index in [1.807, 2.05) is 32.0 Å². The van der Waals surface area contributed by atoms with E-state index in [2.05, 4.69) is 27.1 Å². The number of nitrogens with one attached hydrogen (secondary N) is 1. The van der Waals surface area contributed by atoms with Gasteiger partial charge in [-0.25, -0.2) is 9.97 Å². The molecule has 0 aromatic carbocycles. The lowest BCUT2D eigenvalue weighted by atomic mass is 10.0. The monoisotopic (exact) mass is 305 g/mol. The van der Waals surface area contributed by atoms with Crippen molar-refractivity contribution in [3.8, 4) is 0 Å². The smallest absolute Gasteiger partial charge is 0.270 e. The second-order valence-corrected chi connectivity index (χ2v) is 6.41. The minimum absolute atomic E-state index is 0.126. The van der Waals surface area contributed by atoms with Crippen LogP contribution in [0.25, 0.3) is 0 Å². The molecule has 1 N–H and O–H groups in total. The molecular weight excluding hydrogens is 278 g/mol. The number of likely N-dealkylation sites (N-methyl/N-ethyl adjacent to an activating group) is 1. The summed E-state index contributed by atoms with van der Waals surface area (Å²) in [7, 11) is 3.97. The fourth-order valence-corrected chi connectivity index (χ4v) is 2.71. The van der Waals surface area contributed by atoms with Crippen LogP contribution in [-0.2, 0) is 0 Å². The minimum atomic E-state index is -0.126. The molecule has 1 aliphatic rings. The molecule has 1 aromatic rings. The highest BCUT2D eigenvalue weighted by atomic mass is 16.1. The third kappa shape index (κ3) is 4.66. The van der Waals surface area contributed by atoms with Crippen molar-refractivity contribution in [2.24, 2.45) is 5.92 Å². The van der Waals surface area contributed by atoms with Gasteiger partial charge in [-0.15, -0.1) is 0 Å². The lowest BCUT2D eigenvalue weighted by Crippen LogP contribution is -2.36. The van der Waals surface area contributed by atoms with Gasteiger partial charge in [0.15, 0.2) is 0 Å². The zero-order valence-corrected chi connectivity index (χ0v) is 14.1. The number of piperidine rings is 1. The Morgan fingerprint density at radius 2 is 2.23 bits per heavy atom. The van der Waals surface area contributed by atoms with Crippen LogP contribution in [0.3, 0.4) is 0 Å². The average molecular weight is 305 g/mol. The van der Waals surface area contributed by atoms with Gasteiger partial charge in [-0.3, -0.25) is 4.79 Å². The number of aryl methyl sites for hydroxylation is 1. The van der Waals surface area contributed by atoms with E-state index in [9.17, 15) is 4.79 Å². The first-order valence-corrected chi connectivity index (χ1v) is 7.99. The number of carbonyl (C=O) groups is 1. The van der Waals surface area contributed by atoms with Gasteiger partial charge < -0.3 is 15.1 Å². The minimum Gasteiger partial charge on any atom is -0.356 e. The molecule has 1 amide bonds. The molecule has 1 fully saturated rings. The van der Waals surface area contributed by atoms with Gasteiger partial charge in [-0.05, 0) is 39.8 Å². The molecule has 1 aromatic heterocycles.